The lowest BCUT2D eigenvalue weighted by atomic mass is 10.3. The molecule has 0 bridgehead atoms. The predicted octanol–water partition coefficient (Wildman–Crippen LogP) is -0.666. The van der Waals surface area contributed by atoms with Crippen LogP contribution in [0.1, 0.15) is 10.4 Å². The molecule has 0 fully saturated rings. The van der Waals surface area contributed by atoms with Gasteiger partial charge in [0.1, 0.15) is 12.2 Å². The third-order valence-electron chi connectivity index (χ3n) is 1.75. The minimum Gasteiger partial charge on any atom is -0.477 e. The highest BCUT2D eigenvalue weighted by Gasteiger charge is 2.17. The minimum atomic E-state index is -1.26. The van der Waals surface area contributed by atoms with E-state index in [1.807, 2.05) is 0 Å². The summed E-state index contributed by atoms with van der Waals surface area (Å²) in [6.45, 7) is 0.957. The fourth-order valence-electron chi connectivity index (χ4n) is 1.13. The van der Waals surface area contributed by atoms with Crippen LogP contribution < -0.4 is 10.3 Å². The van der Waals surface area contributed by atoms with E-state index in [0.717, 1.165) is 0 Å². The molecular weight excluding hydrogens is 176 g/mol. The Hall–Kier alpha value is -1.85. The SMILES string of the molecule is O=C(O)c1cn2c(nc1=O)OCC2. The number of hydrogen-bond acceptors (Lipinski definition) is 4. The molecule has 0 aliphatic carbocycles. The zero-order valence-electron chi connectivity index (χ0n) is 6.56. The van der Waals surface area contributed by atoms with Crippen molar-refractivity contribution in [2.45, 2.75) is 6.54 Å². The first kappa shape index (κ1) is 7.78. The fraction of sp³-hybridized carbons (Fsp3) is 0.286. The summed E-state index contributed by atoms with van der Waals surface area (Å²) in [6.07, 6.45) is 1.25. The maximum Gasteiger partial charge on any atom is 0.342 e. The Kier molecular flexibility index (Phi) is 1.54. The monoisotopic (exact) mass is 182 g/mol. The van der Waals surface area contributed by atoms with E-state index in [4.69, 9.17) is 9.84 Å². The zero-order chi connectivity index (χ0) is 9.42. The lowest BCUT2D eigenvalue weighted by Gasteiger charge is -1.99. The van der Waals surface area contributed by atoms with Crippen molar-refractivity contribution >= 4 is 5.97 Å². The van der Waals surface area contributed by atoms with Gasteiger partial charge in [-0.05, 0) is 0 Å². The van der Waals surface area contributed by atoms with Gasteiger partial charge in [0.05, 0.1) is 6.54 Å². The Morgan fingerprint density at radius 2 is 2.46 bits per heavy atom. The summed E-state index contributed by atoms with van der Waals surface area (Å²) in [7, 11) is 0. The highest BCUT2D eigenvalue weighted by Crippen LogP contribution is 2.11. The van der Waals surface area contributed by atoms with E-state index in [2.05, 4.69) is 4.98 Å². The van der Waals surface area contributed by atoms with Gasteiger partial charge in [0.25, 0.3) is 11.6 Å². The first-order chi connectivity index (χ1) is 6.18. The van der Waals surface area contributed by atoms with Crippen molar-refractivity contribution in [3.8, 4) is 6.01 Å². The van der Waals surface area contributed by atoms with E-state index >= 15 is 0 Å². The fourth-order valence-corrected chi connectivity index (χ4v) is 1.13. The van der Waals surface area contributed by atoms with Crippen molar-refractivity contribution in [1.82, 2.24) is 9.55 Å². The second-order valence-electron chi connectivity index (χ2n) is 2.59. The van der Waals surface area contributed by atoms with Crippen LogP contribution in [0.25, 0.3) is 0 Å². The zero-order valence-corrected chi connectivity index (χ0v) is 6.56. The smallest absolute Gasteiger partial charge is 0.342 e. The quantitative estimate of drug-likeness (QED) is 0.623. The Morgan fingerprint density at radius 3 is 3.15 bits per heavy atom. The highest BCUT2D eigenvalue weighted by molar-refractivity contribution is 5.86. The second-order valence-corrected chi connectivity index (χ2v) is 2.59. The molecule has 1 aliphatic heterocycles. The molecule has 0 aromatic carbocycles. The Bertz CT molecular complexity index is 423. The first-order valence-electron chi connectivity index (χ1n) is 3.66. The van der Waals surface area contributed by atoms with Gasteiger partial charge in [-0.25, -0.2) is 4.79 Å². The summed E-state index contributed by atoms with van der Waals surface area (Å²) in [5, 5.41) is 8.60. The van der Waals surface area contributed by atoms with Gasteiger partial charge in [-0.3, -0.25) is 9.36 Å². The number of ether oxygens (including phenoxy) is 1. The number of rotatable bonds is 1. The van der Waals surface area contributed by atoms with Gasteiger partial charge >= 0.3 is 5.97 Å². The number of aromatic carboxylic acids is 1. The van der Waals surface area contributed by atoms with E-state index in [0.29, 0.717) is 13.2 Å². The standard InChI is InChI=1S/C7H6N2O4/c10-5-4(6(11)12)3-9-1-2-13-7(9)8-5/h3H,1-2H2,(H,11,12). The first-order valence-corrected chi connectivity index (χ1v) is 3.66. The molecule has 0 saturated heterocycles. The molecule has 1 aliphatic rings. The van der Waals surface area contributed by atoms with Crippen molar-refractivity contribution in [3.63, 3.8) is 0 Å². The lowest BCUT2D eigenvalue weighted by molar-refractivity contribution is 0.0694. The van der Waals surface area contributed by atoms with E-state index in [1.165, 1.54) is 10.8 Å². The van der Waals surface area contributed by atoms with Gasteiger partial charge < -0.3 is 9.84 Å². The van der Waals surface area contributed by atoms with Gasteiger partial charge in [-0.1, -0.05) is 0 Å². The molecule has 0 saturated carbocycles. The second kappa shape index (κ2) is 2.58. The number of aromatic nitrogens is 2. The van der Waals surface area contributed by atoms with Crippen LogP contribution in [0.2, 0.25) is 0 Å². The Morgan fingerprint density at radius 1 is 1.69 bits per heavy atom. The van der Waals surface area contributed by atoms with Gasteiger partial charge in [0, 0.05) is 6.20 Å². The van der Waals surface area contributed by atoms with Crippen molar-refractivity contribution in [3.05, 3.63) is 22.1 Å². The topological polar surface area (TPSA) is 81.4 Å². The molecule has 2 heterocycles. The highest BCUT2D eigenvalue weighted by atomic mass is 16.5. The van der Waals surface area contributed by atoms with Gasteiger partial charge in [0.2, 0.25) is 0 Å². The average Bonchev–Trinajstić information content (AvgIpc) is 2.48. The lowest BCUT2D eigenvalue weighted by Crippen LogP contribution is -2.19. The number of carboxylic acids is 1. The van der Waals surface area contributed by atoms with Crippen LogP contribution in [0.15, 0.2) is 11.0 Å². The molecule has 6 nitrogen and oxygen atoms in total. The summed E-state index contributed by atoms with van der Waals surface area (Å²) in [5.74, 6) is -1.26. The summed E-state index contributed by atoms with van der Waals surface area (Å²) in [6, 6.07) is 0.190. The molecule has 1 aromatic heterocycles. The van der Waals surface area contributed by atoms with Crippen LogP contribution in [-0.2, 0) is 6.54 Å². The van der Waals surface area contributed by atoms with E-state index in [1.54, 1.807) is 0 Å². The molecule has 0 amide bonds. The van der Waals surface area contributed by atoms with Crippen LogP contribution in [0, 0.1) is 0 Å². The Labute approximate surface area is 72.4 Å². The molecule has 68 valence electrons. The molecule has 0 radical (unpaired) electrons. The predicted molar refractivity (Wildman–Crippen MR) is 41.0 cm³/mol. The summed E-state index contributed by atoms with van der Waals surface area (Å²) in [4.78, 5) is 25.0. The molecule has 13 heavy (non-hydrogen) atoms. The van der Waals surface area contributed by atoms with Crippen molar-refractivity contribution in [1.29, 1.82) is 0 Å². The molecule has 0 spiro atoms. The number of fused-ring (bicyclic) bond motifs is 1. The molecule has 2 rings (SSSR count). The number of carboxylic acid groups (broad SMARTS) is 1. The number of hydrogen-bond donors (Lipinski definition) is 1. The number of carbonyl (C=O) groups is 1. The van der Waals surface area contributed by atoms with Crippen LogP contribution in [0.4, 0.5) is 0 Å². The average molecular weight is 182 g/mol. The largest absolute Gasteiger partial charge is 0.477 e. The van der Waals surface area contributed by atoms with Gasteiger partial charge in [-0.2, -0.15) is 4.98 Å². The molecule has 0 atom stereocenters. The normalized spacial score (nSPS) is 13.5. The van der Waals surface area contributed by atoms with Crippen LogP contribution in [0.3, 0.4) is 0 Å². The maximum atomic E-state index is 11.0. The number of nitrogens with zero attached hydrogens (tertiary/aromatic N) is 2. The van der Waals surface area contributed by atoms with E-state index in [-0.39, 0.29) is 11.6 Å². The van der Waals surface area contributed by atoms with Gasteiger partial charge in [-0.15, -0.1) is 0 Å². The molecule has 1 N–H and O–H groups in total. The van der Waals surface area contributed by atoms with Crippen LogP contribution >= 0.6 is 0 Å². The van der Waals surface area contributed by atoms with E-state index in [9.17, 15) is 9.59 Å². The maximum absolute atomic E-state index is 11.0. The summed E-state index contributed by atoms with van der Waals surface area (Å²) < 4.78 is 6.48. The summed E-state index contributed by atoms with van der Waals surface area (Å²) >= 11 is 0. The van der Waals surface area contributed by atoms with Crippen LogP contribution in [0.5, 0.6) is 6.01 Å². The molecule has 1 aromatic rings. The van der Waals surface area contributed by atoms with Crippen molar-refractivity contribution < 1.29 is 14.6 Å². The van der Waals surface area contributed by atoms with Crippen molar-refractivity contribution in [2.75, 3.05) is 6.61 Å². The summed E-state index contributed by atoms with van der Waals surface area (Å²) in [5.41, 5.74) is -1.09. The van der Waals surface area contributed by atoms with Gasteiger partial charge in [0.15, 0.2) is 0 Å². The minimum absolute atomic E-state index is 0.190. The molecule has 0 unspecified atom stereocenters. The van der Waals surface area contributed by atoms with Crippen LogP contribution in [-0.4, -0.2) is 27.2 Å². The third kappa shape index (κ3) is 1.16. The Balaban J connectivity index is 2.62. The van der Waals surface area contributed by atoms with E-state index < -0.39 is 11.5 Å². The molecule has 6 heteroatoms. The van der Waals surface area contributed by atoms with Crippen molar-refractivity contribution in [2.24, 2.45) is 0 Å². The third-order valence-corrected chi connectivity index (χ3v) is 1.75. The molecular formula is C7H6N2O4.